The van der Waals surface area contributed by atoms with Gasteiger partial charge in [-0.25, -0.2) is 20.0 Å². The number of nitrogens with two attached hydrogens (primary N) is 1. The highest BCUT2D eigenvalue weighted by Gasteiger charge is 2.26. The van der Waals surface area contributed by atoms with Crippen LogP contribution in [0.15, 0.2) is 60.9 Å². The molecule has 4 heterocycles. The van der Waals surface area contributed by atoms with Crippen LogP contribution in [0.3, 0.4) is 0 Å². The molecule has 0 atom stereocenters. The first kappa shape index (κ1) is 51.3. The van der Waals surface area contributed by atoms with E-state index in [1.807, 2.05) is 53.5 Å². The predicted octanol–water partition coefficient (Wildman–Crippen LogP) is 5.59. The van der Waals surface area contributed by atoms with Crippen LogP contribution < -0.4 is 21.1 Å². The molecule has 65 heavy (non-hydrogen) atoms. The Morgan fingerprint density at radius 2 is 1.06 bits per heavy atom. The van der Waals surface area contributed by atoms with E-state index < -0.39 is 0 Å². The Bertz CT molecular complexity index is 2050. The molecular weight excluding hydrogens is 868 g/mol. The maximum atomic E-state index is 12.6. The first-order valence-corrected chi connectivity index (χ1v) is 23.3. The van der Waals surface area contributed by atoms with E-state index in [2.05, 4.69) is 90.5 Å². The molecule has 17 nitrogen and oxygen atoms in total. The summed E-state index contributed by atoms with van der Waals surface area (Å²) in [4.78, 5) is 46.9. The summed E-state index contributed by atoms with van der Waals surface area (Å²) in [6, 6.07) is 16.6. The zero-order valence-electron chi connectivity index (χ0n) is 38.5. The quantitative estimate of drug-likeness (QED) is 0.198. The van der Waals surface area contributed by atoms with Gasteiger partial charge in [-0.05, 0) is 116 Å². The number of halogens is 2. The molecule has 2 aromatic heterocycles. The third-order valence-corrected chi connectivity index (χ3v) is 13.1. The summed E-state index contributed by atoms with van der Waals surface area (Å²) in [5.74, 6) is 8.62. The molecule has 4 fully saturated rings. The van der Waals surface area contributed by atoms with E-state index in [1.165, 1.54) is 38.5 Å². The number of hydrazine groups is 2. The maximum Gasteiger partial charge on any atom is 0.373 e. The highest BCUT2D eigenvalue weighted by atomic mass is 35.5. The van der Waals surface area contributed by atoms with Crippen molar-refractivity contribution in [2.75, 3.05) is 90.3 Å². The second-order valence-corrected chi connectivity index (χ2v) is 18.5. The lowest BCUT2D eigenvalue weighted by Crippen LogP contribution is -2.54. The largest absolute Gasteiger partial charge is 0.373 e. The van der Waals surface area contributed by atoms with Gasteiger partial charge in [0, 0.05) is 92.0 Å². The van der Waals surface area contributed by atoms with Crippen molar-refractivity contribution in [2.45, 2.75) is 76.8 Å². The van der Waals surface area contributed by atoms with Crippen molar-refractivity contribution in [1.29, 1.82) is 0 Å². The fourth-order valence-electron chi connectivity index (χ4n) is 8.42. The number of benzene rings is 2. The third kappa shape index (κ3) is 16.9. The zero-order valence-corrected chi connectivity index (χ0v) is 40.0. The van der Waals surface area contributed by atoms with E-state index >= 15 is 0 Å². The number of carbonyl (C=O) groups excluding carboxylic acids is 3. The van der Waals surface area contributed by atoms with Gasteiger partial charge in [0.1, 0.15) is 0 Å². The highest BCUT2D eigenvalue weighted by molar-refractivity contribution is 6.30. The number of rotatable bonds is 9. The molecular formula is C46H66Cl2N14O3. The summed E-state index contributed by atoms with van der Waals surface area (Å²) < 4.78 is 0. The second-order valence-electron chi connectivity index (χ2n) is 17.6. The van der Waals surface area contributed by atoms with Crippen molar-refractivity contribution < 1.29 is 14.4 Å². The molecule has 1 amide bonds. The normalized spacial score (nSPS) is 21.4. The van der Waals surface area contributed by atoms with Crippen LogP contribution in [0.2, 0.25) is 10.0 Å². The lowest BCUT2D eigenvalue weighted by atomic mass is 9.83. The number of aromatic nitrogens is 6. The van der Waals surface area contributed by atoms with Gasteiger partial charge in [-0.15, -0.1) is 10.2 Å². The van der Waals surface area contributed by atoms with Crippen molar-refractivity contribution in [3.8, 4) is 22.5 Å². The van der Waals surface area contributed by atoms with E-state index in [9.17, 15) is 4.79 Å². The number of nitrogens with one attached hydrogen (secondary N) is 1. The Hall–Kier alpha value is -4.71. The Kier molecular flexibility index (Phi) is 20.9. The molecule has 352 valence electrons. The first-order valence-electron chi connectivity index (χ1n) is 22.6. The van der Waals surface area contributed by atoms with Crippen LogP contribution in [-0.4, -0.2) is 155 Å². The number of hydrogen-bond donors (Lipinski definition) is 2. The molecule has 2 aliphatic carbocycles. The molecule has 8 rings (SSSR count). The molecule has 2 saturated carbocycles. The first-order chi connectivity index (χ1) is 31.3. The molecule has 0 radical (unpaired) electrons. The van der Waals surface area contributed by atoms with Crippen LogP contribution in [0.1, 0.15) is 64.7 Å². The Morgan fingerprint density at radius 3 is 1.48 bits per heavy atom. The van der Waals surface area contributed by atoms with Gasteiger partial charge in [-0.2, -0.15) is 19.8 Å². The minimum Gasteiger partial charge on any atom is -0.337 e. The van der Waals surface area contributed by atoms with Gasteiger partial charge in [-0.3, -0.25) is 16.1 Å². The Labute approximate surface area is 394 Å². The summed E-state index contributed by atoms with van der Waals surface area (Å²) in [6.07, 6.45) is 14.5. The van der Waals surface area contributed by atoms with Gasteiger partial charge >= 0.3 is 6.15 Å². The minimum atomic E-state index is 0.134. The highest BCUT2D eigenvalue weighted by Crippen LogP contribution is 2.29. The fourth-order valence-corrected chi connectivity index (χ4v) is 8.68. The van der Waals surface area contributed by atoms with Crippen molar-refractivity contribution >= 4 is 47.2 Å². The van der Waals surface area contributed by atoms with Gasteiger partial charge in [0.05, 0.1) is 23.8 Å². The molecule has 0 unspecified atom stereocenters. The summed E-state index contributed by atoms with van der Waals surface area (Å²) in [5, 5.41) is 21.7. The van der Waals surface area contributed by atoms with Crippen LogP contribution in [0.4, 0.5) is 11.9 Å². The smallest absolute Gasteiger partial charge is 0.337 e. The predicted molar refractivity (Wildman–Crippen MR) is 255 cm³/mol. The summed E-state index contributed by atoms with van der Waals surface area (Å²) in [7, 11) is 8.68. The molecule has 2 aliphatic heterocycles. The molecule has 3 N–H and O–H groups in total. The summed E-state index contributed by atoms with van der Waals surface area (Å²) >= 11 is 11.9. The number of carbonyl (C=O) groups is 1. The SMILES string of the molecule is CC1CCC(N(C)C)CC1.CN(C)C1CCC(CC(=O)NN2CCN(c3nncc(-c4ccc(Cl)cc4)n3)CC2)CC1.NN1CCN(c2nncc(-c3ccc(Cl)cc3)n2)CC1.O=C=O. The Balaban J connectivity index is 0.000000203. The van der Waals surface area contributed by atoms with Crippen LogP contribution >= 0.6 is 23.2 Å². The van der Waals surface area contributed by atoms with Crippen LogP contribution in [0, 0.1) is 11.8 Å². The van der Waals surface area contributed by atoms with Crippen molar-refractivity contribution in [2.24, 2.45) is 17.7 Å². The molecule has 0 spiro atoms. The van der Waals surface area contributed by atoms with Gasteiger partial charge in [0.15, 0.2) is 0 Å². The lowest BCUT2D eigenvalue weighted by molar-refractivity contribution is -0.191. The van der Waals surface area contributed by atoms with E-state index in [-0.39, 0.29) is 12.1 Å². The van der Waals surface area contributed by atoms with Gasteiger partial charge in [-0.1, -0.05) is 54.4 Å². The third-order valence-electron chi connectivity index (χ3n) is 12.6. The number of anilines is 2. The summed E-state index contributed by atoms with van der Waals surface area (Å²) in [6.45, 7) is 8.51. The van der Waals surface area contributed by atoms with E-state index in [0.717, 1.165) is 99.7 Å². The van der Waals surface area contributed by atoms with Gasteiger partial charge < -0.3 is 19.6 Å². The monoisotopic (exact) mass is 932 g/mol. The fraction of sp³-hybridized carbons (Fsp3) is 0.565. The molecule has 2 aromatic carbocycles. The molecule has 0 bridgehead atoms. The van der Waals surface area contributed by atoms with Crippen LogP contribution in [0.5, 0.6) is 0 Å². The molecule has 4 aromatic rings. The van der Waals surface area contributed by atoms with Gasteiger partial charge in [0.2, 0.25) is 17.8 Å². The minimum absolute atomic E-state index is 0.134. The average molecular weight is 934 g/mol. The number of piperazine rings is 2. The van der Waals surface area contributed by atoms with Crippen molar-refractivity contribution in [3.63, 3.8) is 0 Å². The molecule has 4 aliphatic rings. The topological polar surface area (TPSA) is 186 Å². The van der Waals surface area contributed by atoms with Crippen LogP contribution in [-0.2, 0) is 14.4 Å². The molecule has 19 heteroatoms. The van der Waals surface area contributed by atoms with Gasteiger partial charge in [0.25, 0.3) is 0 Å². The average Bonchev–Trinajstić information content (AvgIpc) is 3.31. The standard InChI is InChI=1S/C23H32ClN7O.C13H15ClN6.C9H19N.CO2/c1-29(2)20-9-3-17(4-10-20)15-22(32)28-31-13-11-30(12-14-31)23-26-21(16-25-27-23)18-5-7-19(24)8-6-18;14-11-3-1-10(2-4-11)12-9-16-18-13(17-12)19-5-7-20(15)8-6-19;1-8-4-6-9(7-5-8)10(2)3;2-1-3/h5-8,16-17,20H,3-4,9-15H2,1-2H3,(H,28,32);1-4,9H,5-8,15H2;8-9H,4-7H2,1-3H3;. The molecule has 2 saturated heterocycles. The zero-order chi connectivity index (χ0) is 46.7. The lowest BCUT2D eigenvalue weighted by Gasteiger charge is -2.35. The number of amides is 1. The maximum absolute atomic E-state index is 12.6. The Morgan fingerprint density at radius 1 is 0.662 bits per heavy atom. The van der Waals surface area contributed by atoms with E-state index in [1.54, 1.807) is 17.4 Å². The van der Waals surface area contributed by atoms with E-state index in [4.69, 9.17) is 38.6 Å². The number of nitrogens with zero attached hydrogens (tertiary/aromatic N) is 12. The van der Waals surface area contributed by atoms with E-state index in [0.29, 0.717) is 40.3 Å². The number of hydrogen-bond acceptors (Lipinski definition) is 16. The van der Waals surface area contributed by atoms with Crippen molar-refractivity contribution in [3.05, 3.63) is 71.0 Å². The summed E-state index contributed by atoms with van der Waals surface area (Å²) in [5.41, 5.74) is 6.60. The van der Waals surface area contributed by atoms with Crippen molar-refractivity contribution in [1.82, 2.24) is 55.6 Å². The second kappa shape index (κ2) is 26.4. The van der Waals surface area contributed by atoms with Crippen LogP contribution in [0.25, 0.3) is 22.5 Å².